The van der Waals surface area contributed by atoms with Gasteiger partial charge >= 0.3 is 0 Å². The molecule has 7 heteroatoms. The number of amides is 1. The summed E-state index contributed by atoms with van der Waals surface area (Å²) in [4.78, 5) is 17.1. The molecule has 1 amide bonds. The molecule has 0 saturated heterocycles. The second-order valence-corrected chi connectivity index (χ2v) is 8.33. The van der Waals surface area contributed by atoms with Gasteiger partial charge in [0.2, 0.25) is 5.89 Å². The standard InChI is InChI=1S/C21H16N2O4S/c1-28(25,26)17-11-9-14(10-12-17)20(24)22-16-6-4-5-15(13-16)21-23-18-7-2-3-8-19(18)27-21/h2-13H,1H3,(H,22,24). The van der Waals surface area contributed by atoms with E-state index < -0.39 is 9.84 Å². The fourth-order valence-corrected chi connectivity index (χ4v) is 3.41. The van der Waals surface area contributed by atoms with Gasteiger partial charge in [0, 0.05) is 23.1 Å². The molecular formula is C21H16N2O4S. The van der Waals surface area contributed by atoms with Gasteiger partial charge in [0.25, 0.3) is 5.91 Å². The first-order valence-electron chi connectivity index (χ1n) is 8.48. The molecule has 1 heterocycles. The molecule has 0 aliphatic rings. The zero-order valence-corrected chi connectivity index (χ0v) is 15.7. The summed E-state index contributed by atoms with van der Waals surface area (Å²) in [5.74, 6) is 0.129. The van der Waals surface area contributed by atoms with E-state index in [1.165, 1.54) is 24.3 Å². The van der Waals surface area contributed by atoms with E-state index in [1.807, 2.05) is 30.3 Å². The molecule has 0 aliphatic heterocycles. The number of anilines is 1. The molecule has 0 radical (unpaired) electrons. The molecule has 0 aliphatic carbocycles. The van der Waals surface area contributed by atoms with E-state index in [1.54, 1.807) is 18.2 Å². The van der Waals surface area contributed by atoms with Crippen molar-refractivity contribution in [2.45, 2.75) is 4.90 Å². The van der Waals surface area contributed by atoms with E-state index in [9.17, 15) is 13.2 Å². The molecule has 28 heavy (non-hydrogen) atoms. The normalized spacial score (nSPS) is 11.5. The topological polar surface area (TPSA) is 89.3 Å². The molecule has 3 aromatic carbocycles. The van der Waals surface area contributed by atoms with Crippen LogP contribution < -0.4 is 5.32 Å². The fourth-order valence-electron chi connectivity index (χ4n) is 2.78. The van der Waals surface area contributed by atoms with Crippen molar-refractivity contribution in [1.82, 2.24) is 4.98 Å². The first-order valence-corrected chi connectivity index (χ1v) is 10.4. The van der Waals surface area contributed by atoms with Crippen molar-refractivity contribution in [2.75, 3.05) is 11.6 Å². The molecule has 0 fully saturated rings. The number of benzene rings is 3. The minimum absolute atomic E-state index is 0.169. The fraction of sp³-hybridized carbons (Fsp3) is 0.0476. The number of sulfone groups is 1. The van der Waals surface area contributed by atoms with Crippen LogP contribution in [0.5, 0.6) is 0 Å². The molecule has 140 valence electrons. The van der Waals surface area contributed by atoms with Crippen molar-refractivity contribution >= 4 is 32.5 Å². The van der Waals surface area contributed by atoms with Crippen molar-refractivity contribution in [2.24, 2.45) is 0 Å². The highest BCUT2D eigenvalue weighted by atomic mass is 32.2. The number of para-hydroxylation sites is 2. The lowest BCUT2D eigenvalue weighted by Gasteiger charge is -2.07. The van der Waals surface area contributed by atoms with Gasteiger partial charge in [0.05, 0.1) is 4.90 Å². The predicted octanol–water partition coefficient (Wildman–Crippen LogP) is 4.15. The summed E-state index contributed by atoms with van der Waals surface area (Å²) in [7, 11) is -3.30. The average Bonchev–Trinajstić information content (AvgIpc) is 3.12. The molecular weight excluding hydrogens is 376 g/mol. The van der Waals surface area contributed by atoms with Crippen molar-refractivity contribution < 1.29 is 17.6 Å². The molecule has 0 bridgehead atoms. The molecule has 1 N–H and O–H groups in total. The third-order valence-corrected chi connectivity index (χ3v) is 5.33. The molecule has 0 unspecified atom stereocenters. The van der Waals surface area contributed by atoms with E-state index in [-0.39, 0.29) is 10.8 Å². The summed E-state index contributed by atoms with van der Waals surface area (Å²) in [6, 6.07) is 20.5. The monoisotopic (exact) mass is 392 g/mol. The average molecular weight is 392 g/mol. The van der Waals surface area contributed by atoms with Gasteiger partial charge in [0.1, 0.15) is 5.52 Å². The number of carbonyl (C=O) groups is 1. The van der Waals surface area contributed by atoms with Gasteiger partial charge in [0.15, 0.2) is 15.4 Å². The summed E-state index contributed by atoms with van der Waals surface area (Å²) in [5.41, 5.74) is 3.13. The maximum absolute atomic E-state index is 12.5. The van der Waals surface area contributed by atoms with Gasteiger partial charge in [-0.3, -0.25) is 4.79 Å². The Morgan fingerprint density at radius 1 is 0.964 bits per heavy atom. The number of nitrogens with one attached hydrogen (secondary N) is 1. The predicted molar refractivity (Wildman–Crippen MR) is 107 cm³/mol. The van der Waals surface area contributed by atoms with Crippen LogP contribution >= 0.6 is 0 Å². The Bertz CT molecular complexity index is 1240. The third-order valence-electron chi connectivity index (χ3n) is 4.21. The van der Waals surface area contributed by atoms with Gasteiger partial charge in [-0.15, -0.1) is 0 Å². The number of rotatable bonds is 4. The van der Waals surface area contributed by atoms with Crippen LogP contribution in [-0.2, 0) is 9.84 Å². The van der Waals surface area contributed by atoms with Crippen molar-refractivity contribution in [1.29, 1.82) is 0 Å². The number of oxazole rings is 1. The van der Waals surface area contributed by atoms with Crippen molar-refractivity contribution in [3.63, 3.8) is 0 Å². The quantitative estimate of drug-likeness (QED) is 0.563. The number of fused-ring (bicyclic) bond motifs is 1. The van der Waals surface area contributed by atoms with E-state index in [4.69, 9.17) is 4.42 Å². The molecule has 1 aromatic heterocycles. The van der Waals surface area contributed by atoms with Crippen LogP contribution in [0.3, 0.4) is 0 Å². The van der Waals surface area contributed by atoms with Gasteiger partial charge < -0.3 is 9.73 Å². The summed E-state index contributed by atoms with van der Waals surface area (Å²) in [6.07, 6.45) is 1.12. The highest BCUT2D eigenvalue weighted by Gasteiger charge is 2.12. The summed E-state index contributed by atoms with van der Waals surface area (Å²) in [6.45, 7) is 0. The Labute approximate surface area is 161 Å². The molecule has 0 saturated carbocycles. The van der Waals surface area contributed by atoms with Crippen LogP contribution in [0.4, 0.5) is 5.69 Å². The Morgan fingerprint density at radius 2 is 1.71 bits per heavy atom. The smallest absolute Gasteiger partial charge is 0.255 e. The zero-order valence-electron chi connectivity index (χ0n) is 14.9. The first kappa shape index (κ1) is 17.9. The second-order valence-electron chi connectivity index (χ2n) is 6.32. The van der Waals surface area contributed by atoms with Crippen LogP contribution in [-0.4, -0.2) is 25.6 Å². The van der Waals surface area contributed by atoms with Gasteiger partial charge in [-0.05, 0) is 54.6 Å². The van der Waals surface area contributed by atoms with Gasteiger partial charge in [-0.25, -0.2) is 13.4 Å². The molecule has 4 aromatic rings. The summed E-state index contributed by atoms with van der Waals surface area (Å²) in [5, 5.41) is 2.80. The minimum atomic E-state index is -3.30. The number of nitrogens with zero attached hydrogens (tertiary/aromatic N) is 1. The summed E-state index contributed by atoms with van der Waals surface area (Å²) < 4.78 is 28.8. The molecule has 4 rings (SSSR count). The first-order chi connectivity index (χ1) is 13.4. The van der Waals surface area contributed by atoms with Crippen molar-refractivity contribution in [3.05, 3.63) is 78.4 Å². The highest BCUT2D eigenvalue weighted by Crippen LogP contribution is 2.26. The maximum atomic E-state index is 12.5. The lowest BCUT2D eigenvalue weighted by atomic mass is 10.1. The van der Waals surface area contributed by atoms with Crippen LogP contribution in [0.25, 0.3) is 22.6 Å². The number of carbonyl (C=O) groups excluding carboxylic acids is 1. The van der Waals surface area contributed by atoms with E-state index >= 15 is 0 Å². The third kappa shape index (κ3) is 3.65. The maximum Gasteiger partial charge on any atom is 0.255 e. The van der Waals surface area contributed by atoms with E-state index in [0.717, 1.165) is 17.3 Å². The van der Waals surface area contributed by atoms with Crippen molar-refractivity contribution in [3.8, 4) is 11.5 Å². The highest BCUT2D eigenvalue weighted by molar-refractivity contribution is 7.90. The van der Waals surface area contributed by atoms with Crippen LogP contribution in [0.15, 0.2) is 82.1 Å². The lowest BCUT2D eigenvalue weighted by molar-refractivity contribution is 0.102. The van der Waals surface area contributed by atoms with Gasteiger partial charge in [-0.1, -0.05) is 18.2 Å². The number of hydrogen-bond acceptors (Lipinski definition) is 5. The molecule has 0 atom stereocenters. The number of aromatic nitrogens is 1. The molecule has 0 spiro atoms. The zero-order chi connectivity index (χ0) is 19.7. The van der Waals surface area contributed by atoms with Crippen LogP contribution in [0.1, 0.15) is 10.4 Å². The summed E-state index contributed by atoms with van der Waals surface area (Å²) >= 11 is 0. The van der Waals surface area contributed by atoms with Gasteiger partial charge in [-0.2, -0.15) is 0 Å². The molecule has 6 nitrogen and oxygen atoms in total. The largest absolute Gasteiger partial charge is 0.436 e. The Balaban J connectivity index is 1.57. The van der Waals surface area contributed by atoms with Crippen LogP contribution in [0.2, 0.25) is 0 Å². The minimum Gasteiger partial charge on any atom is -0.436 e. The number of hydrogen-bond donors (Lipinski definition) is 1. The lowest BCUT2D eigenvalue weighted by Crippen LogP contribution is -2.12. The van der Waals surface area contributed by atoms with Crippen LogP contribution in [0, 0.1) is 0 Å². The second kappa shape index (κ2) is 6.94. The Morgan fingerprint density at radius 3 is 2.43 bits per heavy atom. The van der Waals surface area contributed by atoms with E-state index in [0.29, 0.717) is 22.7 Å². The van der Waals surface area contributed by atoms with E-state index in [2.05, 4.69) is 10.3 Å². The Hall–Kier alpha value is -3.45. The SMILES string of the molecule is CS(=O)(=O)c1ccc(C(=O)Nc2cccc(-c3nc4ccccc4o3)c2)cc1. The Kier molecular flexibility index (Phi) is 4.44.